The number of nitrogens with zero attached hydrogens (tertiary/aromatic N) is 2. The smallest absolute Gasteiger partial charge is 0.141 e. The van der Waals surface area contributed by atoms with Gasteiger partial charge in [0.25, 0.3) is 0 Å². The fourth-order valence-electron chi connectivity index (χ4n) is 1.18. The van der Waals surface area contributed by atoms with Crippen molar-refractivity contribution in [2.24, 2.45) is 0 Å². The van der Waals surface area contributed by atoms with E-state index in [0.29, 0.717) is 22.2 Å². The van der Waals surface area contributed by atoms with Crippen LogP contribution >= 0.6 is 11.8 Å². The molecule has 0 aliphatic carbocycles. The molecule has 0 aliphatic heterocycles. The van der Waals surface area contributed by atoms with Crippen LogP contribution in [0.4, 0.5) is 14.6 Å². The van der Waals surface area contributed by atoms with Crippen molar-refractivity contribution in [3.05, 3.63) is 47.9 Å². The highest BCUT2D eigenvalue weighted by molar-refractivity contribution is 7.98. The Hall–Kier alpha value is -1.69. The first-order valence-electron chi connectivity index (χ1n) is 4.79. The van der Waals surface area contributed by atoms with Gasteiger partial charge < -0.3 is 5.73 Å². The van der Waals surface area contributed by atoms with Gasteiger partial charge in [-0.05, 0) is 12.1 Å². The zero-order valence-corrected chi connectivity index (χ0v) is 9.55. The molecule has 0 bridgehead atoms. The minimum absolute atomic E-state index is 0.340. The van der Waals surface area contributed by atoms with E-state index < -0.39 is 11.6 Å². The molecule has 0 aliphatic rings. The minimum Gasteiger partial charge on any atom is -0.382 e. The van der Waals surface area contributed by atoms with E-state index in [1.807, 2.05) is 0 Å². The van der Waals surface area contributed by atoms with Gasteiger partial charge in [0, 0.05) is 16.7 Å². The molecule has 17 heavy (non-hydrogen) atoms. The lowest BCUT2D eigenvalue weighted by Gasteiger charge is -2.03. The fraction of sp³-hybridized carbons (Fsp3) is 0.0909. The van der Waals surface area contributed by atoms with Gasteiger partial charge in [0.1, 0.15) is 17.5 Å². The molecule has 1 aromatic heterocycles. The summed E-state index contributed by atoms with van der Waals surface area (Å²) in [5.41, 5.74) is 6.08. The maximum Gasteiger partial charge on any atom is 0.141 e. The van der Waals surface area contributed by atoms with Crippen LogP contribution < -0.4 is 5.73 Å². The second kappa shape index (κ2) is 5.09. The van der Waals surface area contributed by atoms with Crippen molar-refractivity contribution in [1.29, 1.82) is 0 Å². The summed E-state index contributed by atoms with van der Waals surface area (Å²) in [7, 11) is 0. The van der Waals surface area contributed by atoms with Gasteiger partial charge in [0.05, 0.1) is 18.1 Å². The van der Waals surface area contributed by atoms with Gasteiger partial charge in [-0.2, -0.15) is 0 Å². The zero-order chi connectivity index (χ0) is 12.3. The molecule has 0 radical (unpaired) electrons. The number of aromatic nitrogens is 2. The first-order chi connectivity index (χ1) is 8.15. The second-order valence-electron chi connectivity index (χ2n) is 3.30. The summed E-state index contributed by atoms with van der Waals surface area (Å²) in [6.07, 6.45) is 2.97. The van der Waals surface area contributed by atoms with Gasteiger partial charge in [-0.1, -0.05) is 0 Å². The summed E-state index contributed by atoms with van der Waals surface area (Å²) in [5.74, 6) is -0.361. The number of hydrogen-bond acceptors (Lipinski definition) is 4. The molecule has 2 N–H and O–H groups in total. The maximum atomic E-state index is 13.3. The molecule has 0 amide bonds. The van der Waals surface area contributed by atoms with Crippen LogP contribution in [0.3, 0.4) is 0 Å². The van der Waals surface area contributed by atoms with Crippen LogP contribution in [0.15, 0.2) is 35.5 Å². The molecule has 0 atom stereocenters. The Balaban J connectivity index is 2.04. The Morgan fingerprint density at radius 3 is 2.65 bits per heavy atom. The summed E-state index contributed by atoms with van der Waals surface area (Å²) in [4.78, 5) is 8.29. The molecule has 2 aromatic rings. The van der Waals surface area contributed by atoms with Gasteiger partial charge in [-0.25, -0.2) is 13.8 Å². The van der Waals surface area contributed by atoms with Crippen molar-refractivity contribution >= 4 is 17.6 Å². The largest absolute Gasteiger partial charge is 0.382 e. The normalized spacial score (nSPS) is 10.5. The van der Waals surface area contributed by atoms with E-state index in [9.17, 15) is 8.78 Å². The van der Waals surface area contributed by atoms with E-state index in [-0.39, 0.29) is 0 Å². The Bertz CT molecular complexity index is 517. The van der Waals surface area contributed by atoms with Crippen molar-refractivity contribution in [3.8, 4) is 0 Å². The van der Waals surface area contributed by atoms with Crippen molar-refractivity contribution in [3.63, 3.8) is 0 Å². The highest BCUT2D eigenvalue weighted by Crippen LogP contribution is 2.25. The number of thioether (sulfide) groups is 1. The standard InChI is InChI=1S/C11H9F2N3S/c12-7-1-2-10(9(13)3-7)17-6-8-4-16-11(14)5-15-8/h1-5H,6H2,(H2,14,16). The van der Waals surface area contributed by atoms with Crippen molar-refractivity contribution in [2.45, 2.75) is 10.6 Å². The number of rotatable bonds is 3. The average Bonchev–Trinajstić information content (AvgIpc) is 2.30. The van der Waals surface area contributed by atoms with Crippen LogP contribution in [-0.4, -0.2) is 9.97 Å². The highest BCUT2D eigenvalue weighted by Gasteiger charge is 2.05. The summed E-state index contributed by atoms with van der Waals surface area (Å²) in [6, 6.07) is 3.48. The molecule has 0 spiro atoms. The Kier molecular flexibility index (Phi) is 3.53. The first kappa shape index (κ1) is 11.8. The van der Waals surface area contributed by atoms with E-state index in [0.717, 1.165) is 6.07 Å². The number of nitrogens with two attached hydrogens (primary N) is 1. The van der Waals surface area contributed by atoms with Gasteiger partial charge in [-0.3, -0.25) is 4.98 Å². The number of hydrogen-bond donors (Lipinski definition) is 1. The van der Waals surface area contributed by atoms with Crippen LogP contribution in [0.1, 0.15) is 5.69 Å². The van der Waals surface area contributed by atoms with E-state index in [4.69, 9.17) is 5.73 Å². The van der Waals surface area contributed by atoms with E-state index in [1.165, 1.54) is 36.3 Å². The van der Waals surface area contributed by atoms with Crippen LogP contribution in [0, 0.1) is 11.6 Å². The molecule has 2 rings (SSSR count). The predicted octanol–water partition coefficient (Wildman–Crippen LogP) is 2.63. The van der Waals surface area contributed by atoms with Crippen LogP contribution in [-0.2, 0) is 5.75 Å². The molecule has 0 unspecified atom stereocenters. The molecule has 0 saturated carbocycles. The van der Waals surface area contributed by atoms with Crippen LogP contribution in [0.5, 0.6) is 0 Å². The van der Waals surface area contributed by atoms with Crippen molar-refractivity contribution < 1.29 is 8.78 Å². The zero-order valence-electron chi connectivity index (χ0n) is 8.73. The van der Waals surface area contributed by atoms with Gasteiger partial charge in [0.2, 0.25) is 0 Å². The third-order valence-corrected chi connectivity index (χ3v) is 3.08. The molecule has 1 heterocycles. The molecule has 0 fully saturated rings. The number of halogens is 2. The van der Waals surface area contributed by atoms with E-state index in [2.05, 4.69) is 9.97 Å². The number of benzene rings is 1. The molecule has 1 aromatic carbocycles. The maximum absolute atomic E-state index is 13.3. The molecule has 3 nitrogen and oxygen atoms in total. The van der Waals surface area contributed by atoms with E-state index in [1.54, 1.807) is 0 Å². The Morgan fingerprint density at radius 1 is 1.18 bits per heavy atom. The molecule has 6 heteroatoms. The first-order valence-corrected chi connectivity index (χ1v) is 5.78. The van der Waals surface area contributed by atoms with E-state index >= 15 is 0 Å². The van der Waals surface area contributed by atoms with Crippen LogP contribution in [0.25, 0.3) is 0 Å². The molecular weight excluding hydrogens is 244 g/mol. The highest BCUT2D eigenvalue weighted by atomic mass is 32.2. The monoisotopic (exact) mass is 253 g/mol. The lowest BCUT2D eigenvalue weighted by atomic mass is 10.3. The molecular formula is C11H9F2N3S. The second-order valence-corrected chi connectivity index (χ2v) is 4.31. The van der Waals surface area contributed by atoms with Gasteiger partial charge >= 0.3 is 0 Å². The summed E-state index contributed by atoms with van der Waals surface area (Å²) < 4.78 is 26.0. The SMILES string of the molecule is Nc1cnc(CSc2ccc(F)cc2F)cn1. The van der Waals surface area contributed by atoms with Gasteiger partial charge in [-0.15, -0.1) is 11.8 Å². The third-order valence-electron chi connectivity index (χ3n) is 1.99. The number of anilines is 1. The topological polar surface area (TPSA) is 51.8 Å². The predicted molar refractivity (Wildman–Crippen MR) is 62.4 cm³/mol. The Labute approximate surface area is 101 Å². The molecule has 0 saturated heterocycles. The summed E-state index contributed by atoms with van der Waals surface area (Å²) in [5, 5.41) is 0. The van der Waals surface area contributed by atoms with Crippen molar-refractivity contribution in [1.82, 2.24) is 9.97 Å². The van der Waals surface area contributed by atoms with Gasteiger partial charge in [0.15, 0.2) is 0 Å². The van der Waals surface area contributed by atoms with Crippen LogP contribution in [0.2, 0.25) is 0 Å². The molecule has 88 valence electrons. The quantitative estimate of drug-likeness (QED) is 0.854. The number of nitrogen functional groups attached to an aromatic ring is 1. The third kappa shape index (κ3) is 3.13. The average molecular weight is 253 g/mol. The Morgan fingerprint density at radius 2 is 2.00 bits per heavy atom. The lowest BCUT2D eigenvalue weighted by molar-refractivity contribution is 0.565. The van der Waals surface area contributed by atoms with Crippen molar-refractivity contribution in [2.75, 3.05) is 5.73 Å². The fourth-order valence-corrected chi connectivity index (χ4v) is 2.00. The summed E-state index contributed by atoms with van der Waals surface area (Å²) in [6.45, 7) is 0. The summed E-state index contributed by atoms with van der Waals surface area (Å²) >= 11 is 1.23. The lowest BCUT2D eigenvalue weighted by Crippen LogP contribution is -1.94. The minimum atomic E-state index is -0.584.